The van der Waals surface area contributed by atoms with E-state index in [0.717, 1.165) is 44.9 Å². The van der Waals surface area contributed by atoms with Gasteiger partial charge in [-0.25, -0.2) is 17.6 Å². The molecule has 196 valence electrons. The maximum Gasteiger partial charge on any atom is 0.167 e. The molecule has 2 fully saturated rings. The van der Waals surface area contributed by atoms with Gasteiger partial charge in [0.2, 0.25) is 0 Å². The molecule has 1 nitrogen and oxygen atoms in total. The van der Waals surface area contributed by atoms with Crippen LogP contribution in [0.15, 0.2) is 36.4 Å². The fourth-order valence-electron chi connectivity index (χ4n) is 6.04. The Morgan fingerprint density at radius 3 is 2.14 bits per heavy atom. The van der Waals surface area contributed by atoms with Crippen molar-refractivity contribution in [2.75, 3.05) is 6.61 Å². The third kappa shape index (κ3) is 6.04. The minimum Gasteiger partial charge on any atom is -0.378 e. The zero-order chi connectivity index (χ0) is 25.7. The Kier molecular flexibility index (Phi) is 9.27. The SMILES string of the molecule is C/C=C/C1CCC(CCc2ccc(-c3ccc(C4CCC(CCC)CC4)c(F)c3F)c(F)c2F)OC1. The van der Waals surface area contributed by atoms with E-state index in [9.17, 15) is 4.39 Å². The Bertz CT molecular complexity index is 1050. The molecule has 0 spiro atoms. The second-order valence-corrected chi connectivity index (χ2v) is 10.6. The minimum absolute atomic E-state index is 0.0183. The van der Waals surface area contributed by atoms with Gasteiger partial charge in [-0.1, -0.05) is 56.2 Å². The molecule has 36 heavy (non-hydrogen) atoms. The number of allylic oxidation sites excluding steroid dienone is 1. The van der Waals surface area contributed by atoms with Gasteiger partial charge in [-0.3, -0.25) is 0 Å². The average molecular weight is 503 g/mol. The van der Waals surface area contributed by atoms with Crippen LogP contribution in [0.25, 0.3) is 11.1 Å². The van der Waals surface area contributed by atoms with E-state index in [2.05, 4.69) is 13.0 Å². The first-order valence-electron chi connectivity index (χ1n) is 13.6. The van der Waals surface area contributed by atoms with Crippen molar-refractivity contribution in [3.05, 3.63) is 70.8 Å². The molecule has 0 amide bonds. The van der Waals surface area contributed by atoms with Gasteiger partial charge in [0.15, 0.2) is 23.3 Å². The van der Waals surface area contributed by atoms with Crippen molar-refractivity contribution >= 4 is 0 Å². The lowest BCUT2D eigenvalue weighted by atomic mass is 9.77. The van der Waals surface area contributed by atoms with Crippen molar-refractivity contribution in [2.45, 2.75) is 90.1 Å². The molecule has 1 saturated carbocycles. The molecule has 1 aliphatic heterocycles. The lowest BCUT2D eigenvalue weighted by Gasteiger charge is -2.29. The molecule has 2 aliphatic rings. The summed E-state index contributed by atoms with van der Waals surface area (Å²) in [5.41, 5.74) is 0.114. The first-order valence-corrected chi connectivity index (χ1v) is 13.6. The monoisotopic (exact) mass is 502 g/mol. The van der Waals surface area contributed by atoms with Gasteiger partial charge in [-0.15, -0.1) is 0 Å². The molecule has 0 radical (unpaired) electrons. The molecule has 2 unspecified atom stereocenters. The van der Waals surface area contributed by atoms with Crippen LogP contribution in [0.3, 0.4) is 0 Å². The number of hydrogen-bond donors (Lipinski definition) is 0. The summed E-state index contributed by atoms with van der Waals surface area (Å²) in [5, 5.41) is 0. The number of halogens is 4. The predicted octanol–water partition coefficient (Wildman–Crippen LogP) is 9.29. The molecule has 2 aromatic rings. The van der Waals surface area contributed by atoms with E-state index in [1.807, 2.05) is 13.0 Å². The van der Waals surface area contributed by atoms with Crippen LogP contribution in [-0.2, 0) is 11.2 Å². The Balaban J connectivity index is 1.44. The number of hydrogen-bond acceptors (Lipinski definition) is 1. The molecular formula is C31H38F4O. The lowest BCUT2D eigenvalue weighted by molar-refractivity contribution is -0.00800. The van der Waals surface area contributed by atoms with E-state index >= 15 is 13.2 Å². The summed E-state index contributed by atoms with van der Waals surface area (Å²) in [5.74, 6) is -3.10. The van der Waals surface area contributed by atoms with Crippen LogP contribution in [0.5, 0.6) is 0 Å². The summed E-state index contributed by atoms with van der Waals surface area (Å²) in [6.07, 6.45) is 13.0. The van der Waals surface area contributed by atoms with E-state index in [0.29, 0.717) is 36.8 Å². The summed E-state index contributed by atoms with van der Waals surface area (Å²) in [7, 11) is 0. The molecule has 1 aliphatic carbocycles. The molecule has 0 aromatic heterocycles. The van der Waals surface area contributed by atoms with Crippen LogP contribution in [-0.4, -0.2) is 12.7 Å². The first-order chi connectivity index (χ1) is 17.4. The number of ether oxygens (including phenoxy) is 1. The second-order valence-electron chi connectivity index (χ2n) is 10.6. The van der Waals surface area contributed by atoms with E-state index in [1.54, 1.807) is 6.07 Å². The topological polar surface area (TPSA) is 9.23 Å². The van der Waals surface area contributed by atoms with Crippen LogP contribution in [0.1, 0.15) is 88.7 Å². The number of benzene rings is 2. The van der Waals surface area contributed by atoms with Crippen molar-refractivity contribution in [3.63, 3.8) is 0 Å². The normalized spacial score (nSPS) is 24.9. The largest absolute Gasteiger partial charge is 0.378 e. The molecule has 0 N–H and O–H groups in total. The number of aryl methyl sites for hydroxylation is 1. The summed E-state index contributed by atoms with van der Waals surface area (Å²) in [6.45, 7) is 4.80. The third-order valence-electron chi connectivity index (χ3n) is 8.15. The number of rotatable bonds is 8. The zero-order valence-electron chi connectivity index (χ0n) is 21.5. The lowest BCUT2D eigenvalue weighted by Crippen LogP contribution is -2.25. The highest BCUT2D eigenvalue weighted by molar-refractivity contribution is 5.66. The molecule has 2 atom stereocenters. The highest BCUT2D eigenvalue weighted by atomic mass is 19.2. The van der Waals surface area contributed by atoms with Crippen molar-refractivity contribution in [1.82, 2.24) is 0 Å². The van der Waals surface area contributed by atoms with E-state index in [-0.39, 0.29) is 28.7 Å². The molecule has 4 rings (SSSR count). The molecule has 5 heteroatoms. The molecular weight excluding hydrogens is 464 g/mol. The summed E-state index contributed by atoms with van der Waals surface area (Å²) < 4.78 is 66.0. The van der Waals surface area contributed by atoms with Crippen molar-refractivity contribution < 1.29 is 22.3 Å². The third-order valence-corrected chi connectivity index (χ3v) is 8.15. The zero-order valence-corrected chi connectivity index (χ0v) is 21.5. The summed E-state index contributed by atoms with van der Waals surface area (Å²) >= 11 is 0. The van der Waals surface area contributed by atoms with Gasteiger partial charge in [-0.2, -0.15) is 0 Å². The van der Waals surface area contributed by atoms with E-state index < -0.39 is 23.3 Å². The van der Waals surface area contributed by atoms with Gasteiger partial charge in [0, 0.05) is 17.0 Å². The molecule has 2 aromatic carbocycles. The van der Waals surface area contributed by atoms with Gasteiger partial charge in [0.25, 0.3) is 0 Å². The summed E-state index contributed by atoms with van der Waals surface area (Å²) in [4.78, 5) is 0. The van der Waals surface area contributed by atoms with Crippen LogP contribution in [0.2, 0.25) is 0 Å². The molecule has 0 bridgehead atoms. The van der Waals surface area contributed by atoms with Crippen LogP contribution >= 0.6 is 0 Å². The second kappa shape index (κ2) is 12.4. The maximum absolute atomic E-state index is 15.1. The van der Waals surface area contributed by atoms with Crippen LogP contribution in [0.4, 0.5) is 17.6 Å². The smallest absolute Gasteiger partial charge is 0.167 e. The quantitative estimate of drug-likeness (QED) is 0.258. The predicted molar refractivity (Wildman–Crippen MR) is 137 cm³/mol. The fraction of sp³-hybridized carbons (Fsp3) is 0.548. The van der Waals surface area contributed by atoms with E-state index in [4.69, 9.17) is 4.74 Å². The van der Waals surface area contributed by atoms with Gasteiger partial charge >= 0.3 is 0 Å². The van der Waals surface area contributed by atoms with Crippen LogP contribution < -0.4 is 0 Å². The maximum atomic E-state index is 15.1. The fourth-order valence-corrected chi connectivity index (χ4v) is 6.04. The average Bonchev–Trinajstić information content (AvgIpc) is 2.89. The first kappa shape index (κ1) is 26.9. The van der Waals surface area contributed by atoms with E-state index in [1.165, 1.54) is 24.6 Å². The van der Waals surface area contributed by atoms with Crippen molar-refractivity contribution in [1.29, 1.82) is 0 Å². The standard InChI is InChI=1S/C31H38F4O/c1-3-5-20-7-10-22(11-8-20)25-17-18-27(31(35)29(25)33)26-16-13-23(28(32)30(26)34)12-15-24-14-9-21(6-4-2)19-36-24/h4,6,13,16-18,20-22,24H,3,5,7-12,14-15,19H2,1-2H3/b6-4+. The Labute approximate surface area is 212 Å². The highest BCUT2D eigenvalue weighted by Gasteiger charge is 2.27. The highest BCUT2D eigenvalue weighted by Crippen LogP contribution is 2.40. The van der Waals surface area contributed by atoms with Crippen molar-refractivity contribution in [3.8, 4) is 11.1 Å². The van der Waals surface area contributed by atoms with Gasteiger partial charge in [0.05, 0.1) is 12.7 Å². The summed E-state index contributed by atoms with van der Waals surface area (Å²) in [6, 6.07) is 5.82. The van der Waals surface area contributed by atoms with Gasteiger partial charge in [0.1, 0.15) is 0 Å². The Morgan fingerprint density at radius 1 is 0.806 bits per heavy atom. The molecule has 1 saturated heterocycles. The Morgan fingerprint density at radius 2 is 1.50 bits per heavy atom. The van der Waals surface area contributed by atoms with Gasteiger partial charge in [-0.05, 0) is 81.3 Å². The van der Waals surface area contributed by atoms with Crippen molar-refractivity contribution in [2.24, 2.45) is 11.8 Å². The Hall–Kier alpha value is -2.14. The molecule has 1 heterocycles. The van der Waals surface area contributed by atoms with Crippen LogP contribution in [0, 0.1) is 35.1 Å². The minimum atomic E-state index is -1.13. The van der Waals surface area contributed by atoms with Gasteiger partial charge < -0.3 is 4.74 Å².